The van der Waals surface area contributed by atoms with Crippen LogP contribution < -0.4 is 10.1 Å². The third kappa shape index (κ3) is 4.14. The van der Waals surface area contributed by atoms with Gasteiger partial charge in [0.15, 0.2) is 5.60 Å². The maximum Gasteiger partial charge on any atom is 0.254 e. The normalized spacial score (nSPS) is 21.0. The molecule has 1 aromatic rings. The minimum absolute atomic E-state index is 0.0198. The van der Waals surface area contributed by atoms with Gasteiger partial charge in [0.05, 0.1) is 13.7 Å². The number of nitrogens with zero attached hydrogens (tertiary/aromatic N) is 1. The number of hydrogen-bond acceptors (Lipinski definition) is 4. The standard InChI is InChI=1S/C16H21ClN2O4/c1-11(20)19-7-3-6-16(22,10-19)15(21)18-9-12-4-5-13(17)8-14(12)23-2/h4-5,8,22H,3,6-7,9-10H2,1-2H3,(H,18,21)/t16-/m0/s1. The van der Waals surface area contributed by atoms with Crippen LogP contribution in [0.25, 0.3) is 0 Å². The van der Waals surface area contributed by atoms with Gasteiger partial charge in [0, 0.05) is 30.6 Å². The lowest BCUT2D eigenvalue weighted by Gasteiger charge is -2.37. The van der Waals surface area contributed by atoms with E-state index in [4.69, 9.17) is 16.3 Å². The monoisotopic (exact) mass is 340 g/mol. The Kier molecular flexibility index (Phi) is 5.49. The van der Waals surface area contributed by atoms with E-state index in [2.05, 4.69) is 5.32 Å². The summed E-state index contributed by atoms with van der Waals surface area (Å²) < 4.78 is 5.23. The van der Waals surface area contributed by atoms with Crippen molar-refractivity contribution >= 4 is 23.4 Å². The molecular formula is C16H21ClN2O4. The maximum absolute atomic E-state index is 12.4. The molecule has 1 aliphatic heterocycles. The number of ether oxygens (including phenoxy) is 1. The average Bonchev–Trinajstić information content (AvgIpc) is 2.53. The lowest BCUT2D eigenvalue weighted by molar-refractivity contribution is -0.150. The fourth-order valence-corrected chi connectivity index (χ4v) is 2.86. The Morgan fingerprint density at radius 2 is 2.22 bits per heavy atom. The second-order valence-electron chi connectivity index (χ2n) is 5.71. The van der Waals surface area contributed by atoms with Crippen molar-refractivity contribution in [2.24, 2.45) is 0 Å². The Hall–Kier alpha value is -1.79. The predicted octanol–water partition coefficient (Wildman–Crippen LogP) is 1.34. The molecule has 1 atom stereocenters. The van der Waals surface area contributed by atoms with E-state index < -0.39 is 11.5 Å². The van der Waals surface area contributed by atoms with E-state index in [0.29, 0.717) is 30.2 Å². The zero-order valence-corrected chi connectivity index (χ0v) is 14.0. The minimum Gasteiger partial charge on any atom is -0.496 e. The summed E-state index contributed by atoms with van der Waals surface area (Å²) in [6.07, 6.45) is 0.925. The highest BCUT2D eigenvalue weighted by molar-refractivity contribution is 6.30. The van der Waals surface area contributed by atoms with Gasteiger partial charge in [-0.25, -0.2) is 0 Å². The Labute approximate surface area is 140 Å². The molecule has 6 nitrogen and oxygen atoms in total. The van der Waals surface area contributed by atoms with Crippen LogP contribution in [0.5, 0.6) is 5.75 Å². The van der Waals surface area contributed by atoms with Crippen molar-refractivity contribution in [2.45, 2.75) is 31.9 Å². The van der Waals surface area contributed by atoms with Crippen LogP contribution >= 0.6 is 11.6 Å². The number of carbonyl (C=O) groups is 2. The van der Waals surface area contributed by atoms with Crippen molar-refractivity contribution in [2.75, 3.05) is 20.2 Å². The summed E-state index contributed by atoms with van der Waals surface area (Å²) in [5, 5.41) is 13.8. The Morgan fingerprint density at radius 3 is 2.87 bits per heavy atom. The molecule has 0 bridgehead atoms. The summed E-state index contributed by atoms with van der Waals surface area (Å²) in [7, 11) is 1.52. The third-order valence-corrected chi connectivity index (χ3v) is 4.26. The molecule has 1 aliphatic rings. The molecule has 0 saturated carbocycles. The molecule has 1 fully saturated rings. The number of carbonyl (C=O) groups excluding carboxylic acids is 2. The smallest absolute Gasteiger partial charge is 0.254 e. The van der Waals surface area contributed by atoms with Crippen LogP contribution in [0.15, 0.2) is 18.2 Å². The summed E-state index contributed by atoms with van der Waals surface area (Å²) in [6, 6.07) is 5.13. The predicted molar refractivity (Wildman–Crippen MR) is 86.3 cm³/mol. The largest absolute Gasteiger partial charge is 0.496 e. The molecule has 0 aromatic heterocycles. The molecule has 0 aliphatic carbocycles. The summed E-state index contributed by atoms with van der Waals surface area (Å²) in [5.41, 5.74) is -0.795. The first kappa shape index (κ1) is 17.6. The van der Waals surface area contributed by atoms with Gasteiger partial charge in [0.2, 0.25) is 5.91 Å². The highest BCUT2D eigenvalue weighted by Gasteiger charge is 2.40. The van der Waals surface area contributed by atoms with Crippen LogP contribution in [-0.4, -0.2) is 47.6 Å². The third-order valence-electron chi connectivity index (χ3n) is 4.03. The Morgan fingerprint density at radius 1 is 1.48 bits per heavy atom. The first-order valence-electron chi connectivity index (χ1n) is 7.44. The van der Waals surface area contributed by atoms with Crippen LogP contribution in [-0.2, 0) is 16.1 Å². The molecule has 23 heavy (non-hydrogen) atoms. The average molecular weight is 341 g/mol. The van der Waals surface area contributed by atoms with Crippen molar-refractivity contribution in [3.63, 3.8) is 0 Å². The van der Waals surface area contributed by atoms with Crippen LogP contribution in [0.3, 0.4) is 0 Å². The minimum atomic E-state index is -1.55. The van der Waals surface area contributed by atoms with Crippen molar-refractivity contribution in [1.82, 2.24) is 10.2 Å². The number of piperidine rings is 1. The fourth-order valence-electron chi connectivity index (χ4n) is 2.69. The van der Waals surface area contributed by atoms with Gasteiger partial charge >= 0.3 is 0 Å². The van der Waals surface area contributed by atoms with Gasteiger partial charge < -0.3 is 20.1 Å². The van der Waals surface area contributed by atoms with E-state index in [1.165, 1.54) is 18.9 Å². The fraction of sp³-hybridized carbons (Fsp3) is 0.500. The van der Waals surface area contributed by atoms with Crippen molar-refractivity contribution in [1.29, 1.82) is 0 Å². The highest BCUT2D eigenvalue weighted by atomic mass is 35.5. The zero-order valence-electron chi connectivity index (χ0n) is 13.3. The Bertz CT molecular complexity index is 608. The van der Waals surface area contributed by atoms with E-state index in [0.717, 1.165) is 5.56 Å². The molecule has 7 heteroatoms. The van der Waals surface area contributed by atoms with Crippen LogP contribution in [0, 0.1) is 0 Å². The first-order chi connectivity index (χ1) is 10.9. The number of hydrogen-bond donors (Lipinski definition) is 2. The highest BCUT2D eigenvalue weighted by Crippen LogP contribution is 2.24. The van der Waals surface area contributed by atoms with Gasteiger partial charge in [-0.05, 0) is 25.0 Å². The number of likely N-dealkylation sites (tertiary alicyclic amines) is 1. The quantitative estimate of drug-likeness (QED) is 0.867. The summed E-state index contributed by atoms with van der Waals surface area (Å²) in [6.45, 7) is 2.23. The lowest BCUT2D eigenvalue weighted by Crippen LogP contribution is -2.57. The van der Waals surface area contributed by atoms with Crippen molar-refractivity contribution in [3.05, 3.63) is 28.8 Å². The number of β-amino-alcohol motifs (C(OH)–C–C–N with tert-alkyl or cyclic N) is 1. The molecule has 0 unspecified atom stereocenters. The van der Waals surface area contributed by atoms with Crippen LogP contribution in [0.1, 0.15) is 25.3 Å². The summed E-state index contributed by atoms with van der Waals surface area (Å²) in [5.74, 6) is -0.0606. The van der Waals surface area contributed by atoms with Gasteiger partial charge in [-0.15, -0.1) is 0 Å². The molecule has 1 aromatic carbocycles. The van der Waals surface area contributed by atoms with Gasteiger partial charge in [-0.1, -0.05) is 17.7 Å². The number of nitrogens with one attached hydrogen (secondary N) is 1. The van der Waals surface area contributed by atoms with E-state index in [9.17, 15) is 14.7 Å². The lowest BCUT2D eigenvalue weighted by atomic mass is 9.91. The molecule has 2 amide bonds. The molecule has 2 rings (SSSR count). The van der Waals surface area contributed by atoms with Gasteiger partial charge in [-0.2, -0.15) is 0 Å². The first-order valence-corrected chi connectivity index (χ1v) is 7.82. The summed E-state index contributed by atoms with van der Waals surface area (Å²) in [4.78, 5) is 25.3. The topological polar surface area (TPSA) is 78.9 Å². The second-order valence-corrected chi connectivity index (χ2v) is 6.15. The van der Waals surface area contributed by atoms with E-state index in [1.54, 1.807) is 18.2 Å². The van der Waals surface area contributed by atoms with E-state index in [1.807, 2.05) is 0 Å². The molecule has 1 heterocycles. The molecular weight excluding hydrogens is 320 g/mol. The second kappa shape index (κ2) is 7.19. The van der Waals surface area contributed by atoms with Gasteiger partial charge in [-0.3, -0.25) is 9.59 Å². The number of halogens is 1. The van der Waals surface area contributed by atoms with Gasteiger partial charge in [0.25, 0.3) is 5.91 Å². The number of aliphatic hydroxyl groups is 1. The zero-order chi connectivity index (χ0) is 17.0. The number of benzene rings is 1. The molecule has 0 radical (unpaired) electrons. The number of rotatable bonds is 4. The van der Waals surface area contributed by atoms with Crippen LogP contribution in [0.4, 0.5) is 0 Å². The molecule has 2 N–H and O–H groups in total. The van der Waals surface area contributed by atoms with Gasteiger partial charge in [0.1, 0.15) is 5.75 Å². The number of methoxy groups -OCH3 is 1. The van der Waals surface area contributed by atoms with Crippen LogP contribution in [0.2, 0.25) is 5.02 Å². The molecule has 1 saturated heterocycles. The summed E-state index contributed by atoms with van der Waals surface area (Å²) >= 11 is 5.90. The van der Waals surface area contributed by atoms with E-state index in [-0.39, 0.29) is 19.0 Å². The van der Waals surface area contributed by atoms with Crippen molar-refractivity contribution in [3.8, 4) is 5.75 Å². The van der Waals surface area contributed by atoms with E-state index >= 15 is 0 Å². The van der Waals surface area contributed by atoms with Crippen molar-refractivity contribution < 1.29 is 19.4 Å². The number of amides is 2. The SMILES string of the molecule is COc1cc(Cl)ccc1CNC(=O)[C@]1(O)CCCN(C(C)=O)C1. The maximum atomic E-state index is 12.4. The Balaban J connectivity index is 2.03. The molecule has 126 valence electrons. The molecule has 0 spiro atoms.